The molecule has 1 amide bonds. The van der Waals surface area contributed by atoms with Crippen LogP contribution in [0.1, 0.15) is 22.7 Å². The standard InChI is InChI=1S/C27H27ClF3N3O3S/c1-38(36,37)34(22-12-13-24(28)23(18-22)27(29,30)31)19-25(35)32-14-16-33(17-15-32)26(20-8-4-2-5-9-20)21-10-6-3-7-11-21/h2-13,18,26H,14-17,19H2,1H3. The zero-order valence-electron chi connectivity index (χ0n) is 20.6. The van der Waals surface area contributed by atoms with Crippen molar-refractivity contribution in [2.45, 2.75) is 12.2 Å². The molecule has 1 fully saturated rings. The highest BCUT2D eigenvalue weighted by atomic mass is 35.5. The van der Waals surface area contributed by atoms with E-state index in [0.29, 0.717) is 36.6 Å². The third-order valence-corrected chi connectivity index (χ3v) is 7.96. The predicted octanol–water partition coefficient (Wildman–Crippen LogP) is 5.06. The Labute approximate surface area is 225 Å². The molecule has 6 nitrogen and oxygen atoms in total. The number of benzene rings is 3. The minimum Gasteiger partial charge on any atom is -0.339 e. The number of sulfonamides is 1. The fourth-order valence-corrected chi connectivity index (χ4v) is 5.69. The van der Waals surface area contributed by atoms with E-state index >= 15 is 0 Å². The van der Waals surface area contributed by atoms with Gasteiger partial charge in [0.2, 0.25) is 15.9 Å². The molecule has 0 spiro atoms. The molecule has 0 aromatic heterocycles. The van der Waals surface area contributed by atoms with Gasteiger partial charge in [0.15, 0.2) is 0 Å². The number of carbonyl (C=O) groups excluding carboxylic acids is 1. The van der Waals surface area contributed by atoms with Crippen LogP contribution in [-0.2, 0) is 21.0 Å². The van der Waals surface area contributed by atoms with Crippen LogP contribution in [0, 0.1) is 0 Å². The predicted molar refractivity (Wildman–Crippen MR) is 142 cm³/mol. The van der Waals surface area contributed by atoms with E-state index in [4.69, 9.17) is 11.6 Å². The van der Waals surface area contributed by atoms with Crippen LogP contribution >= 0.6 is 11.6 Å². The number of hydrogen-bond donors (Lipinski definition) is 0. The summed E-state index contributed by atoms with van der Waals surface area (Å²) in [5.74, 6) is -0.491. The third-order valence-electron chi connectivity index (χ3n) is 6.49. The van der Waals surface area contributed by atoms with Gasteiger partial charge in [-0.25, -0.2) is 8.42 Å². The Morgan fingerprint density at radius 2 is 1.45 bits per heavy atom. The second-order valence-electron chi connectivity index (χ2n) is 9.07. The van der Waals surface area contributed by atoms with Gasteiger partial charge >= 0.3 is 6.18 Å². The molecule has 0 N–H and O–H groups in total. The smallest absolute Gasteiger partial charge is 0.339 e. The summed E-state index contributed by atoms with van der Waals surface area (Å²) in [4.78, 5) is 17.0. The second kappa shape index (κ2) is 11.3. The lowest BCUT2D eigenvalue weighted by Crippen LogP contribution is -2.52. The molecule has 0 unspecified atom stereocenters. The van der Waals surface area contributed by atoms with Crippen molar-refractivity contribution in [1.82, 2.24) is 9.80 Å². The van der Waals surface area contributed by atoms with Crippen molar-refractivity contribution in [2.75, 3.05) is 43.3 Å². The molecule has 0 atom stereocenters. The third kappa shape index (κ3) is 6.48. The first kappa shape index (κ1) is 27.9. The number of carbonyl (C=O) groups is 1. The molecule has 38 heavy (non-hydrogen) atoms. The Morgan fingerprint density at radius 1 is 0.921 bits per heavy atom. The summed E-state index contributed by atoms with van der Waals surface area (Å²) in [5.41, 5.74) is 0.790. The van der Waals surface area contributed by atoms with Crippen LogP contribution in [0.4, 0.5) is 18.9 Å². The zero-order valence-corrected chi connectivity index (χ0v) is 22.2. The molecule has 0 aliphatic carbocycles. The molecule has 4 rings (SSSR count). The van der Waals surface area contributed by atoms with Crippen molar-refractivity contribution < 1.29 is 26.4 Å². The SMILES string of the molecule is CS(=O)(=O)N(CC(=O)N1CCN(C(c2ccccc2)c2ccccc2)CC1)c1ccc(Cl)c(C(F)(F)F)c1. The fourth-order valence-electron chi connectivity index (χ4n) is 4.62. The normalized spacial score (nSPS) is 15.1. The van der Waals surface area contributed by atoms with Crippen molar-refractivity contribution >= 4 is 33.2 Å². The molecule has 3 aromatic carbocycles. The number of nitrogens with zero attached hydrogens (tertiary/aromatic N) is 3. The summed E-state index contributed by atoms with van der Waals surface area (Å²) in [6.07, 6.45) is -3.92. The number of piperazine rings is 1. The van der Waals surface area contributed by atoms with Gasteiger partial charge in [-0.15, -0.1) is 0 Å². The highest BCUT2D eigenvalue weighted by Gasteiger charge is 2.35. The van der Waals surface area contributed by atoms with Crippen molar-refractivity contribution in [3.63, 3.8) is 0 Å². The summed E-state index contributed by atoms with van der Waals surface area (Å²) in [5, 5.41) is -0.552. The highest BCUT2D eigenvalue weighted by molar-refractivity contribution is 7.92. The number of rotatable bonds is 7. The first-order chi connectivity index (χ1) is 17.9. The van der Waals surface area contributed by atoms with E-state index in [9.17, 15) is 26.4 Å². The molecular formula is C27H27ClF3N3O3S. The number of amides is 1. The maximum Gasteiger partial charge on any atom is 0.417 e. The Bertz CT molecular complexity index is 1330. The van der Waals surface area contributed by atoms with Crippen molar-refractivity contribution in [3.05, 3.63) is 101 Å². The van der Waals surface area contributed by atoms with E-state index in [0.717, 1.165) is 29.5 Å². The van der Waals surface area contributed by atoms with Gasteiger partial charge in [-0.2, -0.15) is 13.2 Å². The Hall–Kier alpha value is -3.08. The second-order valence-corrected chi connectivity index (χ2v) is 11.4. The van der Waals surface area contributed by atoms with Crippen LogP contribution in [0.25, 0.3) is 0 Å². The minimum absolute atomic E-state index is 0.0166. The van der Waals surface area contributed by atoms with Gasteiger partial charge in [0.1, 0.15) is 6.54 Å². The lowest BCUT2D eigenvalue weighted by Gasteiger charge is -2.40. The molecule has 1 saturated heterocycles. The summed E-state index contributed by atoms with van der Waals surface area (Å²) >= 11 is 5.69. The summed E-state index contributed by atoms with van der Waals surface area (Å²) < 4.78 is 65.7. The van der Waals surface area contributed by atoms with Crippen LogP contribution < -0.4 is 4.31 Å². The van der Waals surface area contributed by atoms with Gasteiger partial charge in [-0.1, -0.05) is 72.3 Å². The molecule has 0 radical (unpaired) electrons. The van der Waals surface area contributed by atoms with Crippen LogP contribution in [0.3, 0.4) is 0 Å². The zero-order chi connectivity index (χ0) is 27.5. The van der Waals surface area contributed by atoms with E-state index in [-0.39, 0.29) is 11.7 Å². The van der Waals surface area contributed by atoms with Gasteiger partial charge in [-0.05, 0) is 29.3 Å². The molecule has 1 aliphatic rings. The molecule has 3 aromatic rings. The molecule has 0 saturated carbocycles. The Balaban J connectivity index is 1.50. The monoisotopic (exact) mass is 565 g/mol. The van der Waals surface area contributed by atoms with Crippen molar-refractivity contribution in [1.29, 1.82) is 0 Å². The van der Waals surface area contributed by atoms with E-state index in [1.165, 1.54) is 0 Å². The van der Waals surface area contributed by atoms with Gasteiger partial charge in [0.25, 0.3) is 0 Å². The maximum absolute atomic E-state index is 13.4. The Morgan fingerprint density at radius 3 is 1.92 bits per heavy atom. The lowest BCUT2D eigenvalue weighted by molar-refractivity contribution is -0.137. The first-order valence-corrected chi connectivity index (χ1v) is 14.1. The van der Waals surface area contributed by atoms with E-state index in [1.54, 1.807) is 4.90 Å². The molecule has 0 bridgehead atoms. The van der Waals surface area contributed by atoms with Crippen molar-refractivity contribution in [2.24, 2.45) is 0 Å². The first-order valence-electron chi connectivity index (χ1n) is 11.9. The average Bonchev–Trinajstić information content (AvgIpc) is 2.88. The molecule has 1 aliphatic heterocycles. The van der Waals surface area contributed by atoms with Crippen LogP contribution in [0.2, 0.25) is 5.02 Å². The fraction of sp³-hybridized carbons (Fsp3) is 0.296. The summed E-state index contributed by atoms with van der Waals surface area (Å²) in [6.45, 7) is 1.16. The molecule has 202 valence electrons. The van der Waals surface area contributed by atoms with Gasteiger partial charge < -0.3 is 4.90 Å². The lowest BCUT2D eigenvalue weighted by atomic mass is 9.96. The van der Waals surface area contributed by atoms with E-state index < -0.39 is 39.2 Å². The summed E-state index contributed by atoms with van der Waals surface area (Å²) in [6, 6.07) is 22.8. The molecular weight excluding hydrogens is 539 g/mol. The molecule has 11 heteroatoms. The minimum atomic E-state index is -4.77. The molecule has 1 heterocycles. The van der Waals surface area contributed by atoms with Crippen molar-refractivity contribution in [3.8, 4) is 0 Å². The average molecular weight is 566 g/mol. The van der Waals surface area contributed by atoms with E-state index in [2.05, 4.69) is 29.2 Å². The summed E-state index contributed by atoms with van der Waals surface area (Å²) in [7, 11) is -4.06. The van der Waals surface area contributed by atoms with Gasteiger partial charge in [-0.3, -0.25) is 14.0 Å². The van der Waals surface area contributed by atoms with Crippen LogP contribution in [-0.4, -0.2) is 63.1 Å². The number of halogens is 4. The quantitative estimate of drug-likeness (QED) is 0.402. The Kier molecular flexibility index (Phi) is 8.34. The number of alkyl halides is 3. The van der Waals surface area contributed by atoms with E-state index in [1.807, 2.05) is 36.4 Å². The van der Waals surface area contributed by atoms with Gasteiger partial charge in [0, 0.05) is 26.2 Å². The maximum atomic E-state index is 13.4. The van der Waals surface area contributed by atoms with Gasteiger partial charge in [0.05, 0.1) is 28.6 Å². The topological polar surface area (TPSA) is 60.9 Å². The van der Waals surface area contributed by atoms with Crippen LogP contribution in [0.15, 0.2) is 78.9 Å². The van der Waals surface area contributed by atoms with Crippen LogP contribution in [0.5, 0.6) is 0 Å². The number of hydrogen-bond acceptors (Lipinski definition) is 4. The highest BCUT2D eigenvalue weighted by Crippen LogP contribution is 2.37. The number of anilines is 1. The largest absolute Gasteiger partial charge is 0.417 e.